The van der Waals surface area contributed by atoms with E-state index < -0.39 is 23.7 Å². The normalized spacial score (nSPS) is 24.8. The summed E-state index contributed by atoms with van der Waals surface area (Å²) in [5.74, 6) is -0.549. The van der Waals surface area contributed by atoms with E-state index in [1.807, 2.05) is 6.92 Å². The lowest BCUT2D eigenvalue weighted by Gasteiger charge is -2.29. The number of rotatable bonds is 2. The first-order chi connectivity index (χ1) is 7.76. The molecule has 1 N–H and O–H groups in total. The molecule has 0 unspecified atom stereocenters. The van der Waals surface area contributed by atoms with Gasteiger partial charge in [-0.25, -0.2) is 9.59 Å². The molecule has 1 rings (SSSR count). The maximum Gasteiger partial charge on any atom is 0.411 e. The third-order valence-corrected chi connectivity index (χ3v) is 3.78. The van der Waals surface area contributed by atoms with Crippen molar-refractivity contribution in [1.29, 1.82) is 0 Å². The van der Waals surface area contributed by atoms with Gasteiger partial charge in [-0.3, -0.25) is 4.90 Å². The lowest BCUT2D eigenvalue weighted by molar-refractivity contribution is -0.142. The summed E-state index contributed by atoms with van der Waals surface area (Å²) >= 11 is 1.49. The number of aliphatic carboxylic acids is 1. The lowest BCUT2D eigenvalue weighted by Crippen LogP contribution is -2.47. The summed E-state index contributed by atoms with van der Waals surface area (Å²) in [7, 11) is 0. The van der Waals surface area contributed by atoms with Crippen LogP contribution in [0.3, 0.4) is 0 Å². The van der Waals surface area contributed by atoms with E-state index in [0.717, 1.165) is 0 Å². The van der Waals surface area contributed by atoms with Gasteiger partial charge in [0.05, 0.1) is 5.37 Å². The van der Waals surface area contributed by atoms with Gasteiger partial charge in [-0.1, -0.05) is 6.92 Å². The Morgan fingerprint density at radius 2 is 2.06 bits per heavy atom. The largest absolute Gasteiger partial charge is 0.480 e. The van der Waals surface area contributed by atoms with Gasteiger partial charge < -0.3 is 9.84 Å². The van der Waals surface area contributed by atoms with Gasteiger partial charge in [0.2, 0.25) is 0 Å². The molecule has 0 aromatic rings. The topological polar surface area (TPSA) is 66.8 Å². The maximum atomic E-state index is 12.0. The van der Waals surface area contributed by atoms with E-state index >= 15 is 0 Å². The number of hydrogen-bond donors (Lipinski definition) is 1. The molecular formula is C11H19NO4S. The van der Waals surface area contributed by atoms with E-state index in [0.29, 0.717) is 12.2 Å². The molecular weight excluding hydrogens is 242 g/mol. The predicted octanol–water partition coefficient (Wildman–Crippen LogP) is 2.16. The molecule has 0 radical (unpaired) electrons. The van der Waals surface area contributed by atoms with E-state index in [1.54, 1.807) is 20.8 Å². The van der Waals surface area contributed by atoms with Crippen molar-refractivity contribution in [3.05, 3.63) is 0 Å². The SMILES string of the molecule is CC[C@H]1SC[C@H](C(=O)O)N1C(=O)OC(C)(C)C. The Bertz CT molecular complexity index is 313. The second-order valence-electron chi connectivity index (χ2n) is 4.94. The van der Waals surface area contributed by atoms with Gasteiger partial charge >= 0.3 is 12.1 Å². The van der Waals surface area contributed by atoms with Crippen molar-refractivity contribution in [3.8, 4) is 0 Å². The third kappa shape index (κ3) is 3.52. The third-order valence-electron chi connectivity index (χ3n) is 2.33. The van der Waals surface area contributed by atoms with Crippen LogP contribution in [-0.4, -0.2) is 44.8 Å². The van der Waals surface area contributed by atoms with Gasteiger partial charge in [0.15, 0.2) is 0 Å². The highest BCUT2D eigenvalue weighted by Crippen LogP contribution is 2.32. The molecule has 0 spiro atoms. The Morgan fingerprint density at radius 1 is 1.47 bits per heavy atom. The summed E-state index contributed by atoms with van der Waals surface area (Å²) in [5, 5.41) is 8.98. The minimum atomic E-state index is -0.973. The number of hydrogen-bond acceptors (Lipinski definition) is 4. The van der Waals surface area contributed by atoms with Crippen molar-refractivity contribution in [1.82, 2.24) is 4.90 Å². The predicted molar refractivity (Wildman–Crippen MR) is 66.0 cm³/mol. The molecule has 2 atom stereocenters. The molecule has 1 aliphatic rings. The van der Waals surface area contributed by atoms with Gasteiger partial charge in [0.25, 0.3) is 0 Å². The quantitative estimate of drug-likeness (QED) is 0.825. The van der Waals surface area contributed by atoms with Crippen molar-refractivity contribution in [2.24, 2.45) is 0 Å². The summed E-state index contributed by atoms with van der Waals surface area (Å²) in [6.45, 7) is 7.24. The first-order valence-corrected chi connectivity index (χ1v) is 6.67. The molecule has 1 aliphatic heterocycles. The molecule has 1 heterocycles. The van der Waals surface area contributed by atoms with Crippen molar-refractivity contribution >= 4 is 23.8 Å². The maximum absolute atomic E-state index is 12.0. The molecule has 0 aliphatic carbocycles. The van der Waals surface area contributed by atoms with Crippen molar-refractivity contribution in [2.75, 3.05) is 5.75 Å². The van der Waals surface area contributed by atoms with E-state index in [1.165, 1.54) is 16.7 Å². The Labute approximate surface area is 105 Å². The fourth-order valence-corrected chi connectivity index (χ4v) is 2.96. The molecule has 1 fully saturated rings. The summed E-state index contributed by atoms with van der Waals surface area (Å²) in [6.07, 6.45) is 0.176. The van der Waals surface area contributed by atoms with E-state index in [9.17, 15) is 9.59 Å². The Kier molecular flexibility index (Phi) is 4.30. The average molecular weight is 261 g/mol. The second-order valence-corrected chi connectivity index (χ2v) is 6.15. The van der Waals surface area contributed by atoms with Gasteiger partial charge in [0.1, 0.15) is 11.6 Å². The number of carbonyl (C=O) groups excluding carboxylic acids is 1. The van der Waals surface area contributed by atoms with Gasteiger partial charge in [0, 0.05) is 5.75 Å². The van der Waals surface area contributed by atoms with Gasteiger partial charge in [-0.15, -0.1) is 11.8 Å². The van der Waals surface area contributed by atoms with Crippen LogP contribution in [0.25, 0.3) is 0 Å². The molecule has 5 nitrogen and oxygen atoms in total. The number of carboxylic acid groups (broad SMARTS) is 1. The molecule has 0 bridgehead atoms. The minimum Gasteiger partial charge on any atom is -0.480 e. The monoisotopic (exact) mass is 261 g/mol. The number of carboxylic acids is 1. The first kappa shape index (κ1) is 14.2. The van der Waals surface area contributed by atoms with Crippen LogP contribution in [0.2, 0.25) is 0 Å². The Morgan fingerprint density at radius 3 is 2.47 bits per heavy atom. The van der Waals surface area contributed by atoms with Crippen LogP contribution in [0.1, 0.15) is 34.1 Å². The van der Waals surface area contributed by atoms with Crippen LogP contribution < -0.4 is 0 Å². The number of amides is 1. The van der Waals surface area contributed by atoms with Gasteiger partial charge in [-0.2, -0.15) is 0 Å². The zero-order valence-electron chi connectivity index (χ0n) is 10.6. The average Bonchev–Trinajstić information content (AvgIpc) is 2.57. The van der Waals surface area contributed by atoms with Crippen LogP contribution in [-0.2, 0) is 9.53 Å². The number of thioether (sulfide) groups is 1. The van der Waals surface area contributed by atoms with E-state index in [2.05, 4.69) is 0 Å². The van der Waals surface area contributed by atoms with Crippen LogP contribution in [0.15, 0.2) is 0 Å². The Hall–Kier alpha value is -0.910. The van der Waals surface area contributed by atoms with Gasteiger partial charge in [-0.05, 0) is 27.2 Å². The molecule has 6 heteroatoms. The fourth-order valence-electron chi connectivity index (χ4n) is 1.63. The smallest absolute Gasteiger partial charge is 0.411 e. The Balaban J connectivity index is 2.82. The molecule has 17 heavy (non-hydrogen) atoms. The highest BCUT2D eigenvalue weighted by Gasteiger charge is 2.42. The summed E-state index contributed by atoms with van der Waals surface area (Å²) < 4.78 is 5.24. The van der Waals surface area contributed by atoms with Crippen LogP contribution >= 0.6 is 11.8 Å². The highest BCUT2D eigenvalue weighted by molar-refractivity contribution is 8.00. The number of carbonyl (C=O) groups is 2. The highest BCUT2D eigenvalue weighted by atomic mass is 32.2. The number of ether oxygens (including phenoxy) is 1. The zero-order valence-corrected chi connectivity index (χ0v) is 11.4. The van der Waals surface area contributed by atoms with Crippen molar-refractivity contribution in [2.45, 2.75) is 51.1 Å². The summed E-state index contributed by atoms with van der Waals surface area (Å²) in [6, 6.07) is -0.778. The first-order valence-electron chi connectivity index (χ1n) is 5.62. The minimum absolute atomic E-state index is 0.106. The molecule has 98 valence electrons. The molecule has 1 amide bonds. The molecule has 1 saturated heterocycles. The van der Waals surface area contributed by atoms with Crippen molar-refractivity contribution in [3.63, 3.8) is 0 Å². The molecule has 0 aromatic heterocycles. The summed E-state index contributed by atoms with van der Waals surface area (Å²) in [5.41, 5.74) is -0.605. The zero-order chi connectivity index (χ0) is 13.2. The lowest BCUT2D eigenvalue weighted by atomic mass is 10.2. The fraction of sp³-hybridized carbons (Fsp3) is 0.818. The van der Waals surface area contributed by atoms with Crippen molar-refractivity contribution < 1.29 is 19.4 Å². The van der Waals surface area contributed by atoms with Crippen LogP contribution in [0.5, 0.6) is 0 Å². The molecule has 0 aromatic carbocycles. The number of nitrogens with zero attached hydrogens (tertiary/aromatic N) is 1. The standard InChI is InChI=1S/C11H19NO4S/c1-5-8-12(7(6-17-8)9(13)14)10(15)16-11(2,3)4/h7-8H,5-6H2,1-4H3,(H,13,14)/t7-,8-/m1/s1. The van der Waals surface area contributed by atoms with E-state index in [-0.39, 0.29) is 5.37 Å². The molecule has 0 saturated carbocycles. The summed E-state index contributed by atoms with van der Waals surface area (Å²) in [4.78, 5) is 24.4. The van der Waals surface area contributed by atoms with Crippen LogP contribution in [0, 0.1) is 0 Å². The van der Waals surface area contributed by atoms with E-state index in [4.69, 9.17) is 9.84 Å². The van der Waals surface area contributed by atoms with Crippen LogP contribution in [0.4, 0.5) is 4.79 Å². The second kappa shape index (κ2) is 5.16.